The molecule has 3 rings (SSSR count). The van der Waals surface area contributed by atoms with Gasteiger partial charge in [-0.05, 0) is 55.4 Å². The van der Waals surface area contributed by atoms with E-state index in [0.717, 1.165) is 36.4 Å². The molecule has 6 heteroatoms. The summed E-state index contributed by atoms with van der Waals surface area (Å²) in [6.07, 6.45) is 2.27. The third kappa shape index (κ3) is 4.86. The summed E-state index contributed by atoms with van der Waals surface area (Å²) >= 11 is 5.64. The normalized spacial score (nSPS) is 16.3. The Balaban J connectivity index is 1.72. The Kier molecular flexibility index (Phi) is 6.30. The number of hydrogen-bond acceptors (Lipinski definition) is 4. The number of thiocarbonyl (C=S) groups is 1. The average molecular weight is 372 g/mol. The highest BCUT2D eigenvalue weighted by molar-refractivity contribution is 7.80. The number of phenols is 1. The summed E-state index contributed by atoms with van der Waals surface area (Å²) in [6.45, 7) is 2.01. The van der Waals surface area contributed by atoms with E-state index in [4.69, 9.17) is 21.7 Å². The van der Waals surface area contributed by atoms with Crippen LogP contribution in [0, 0.1) is 0 Å². The molecule has 1 heterocycles. The minimum Gasteiger partial charge on any atom is -0.508 e. The Bertz CT molecular complexity index is 730. The second-order valence-corrected chi connectivity index (χ2v) is 6.69. The predicted octanol–water partition coefficient (Wildman–Crippen LogP) is 3.78. The second-order valence-electron chi connectivity index (χ2n) is 6.30. The Hall–Kier alpha value is -2.31. The van der Waals surface area contributed by atoms with Crippen molar-refractivity contribution < 1.29 is 14.6 Å². The molecule has 0 saturated carbocycles. The van der Waals surface area contributed by atoms with Gasteiger partial charge >= 0.3 is 0 Å². The first kappa shape index (κ1) is 18.5. The third-order valence-electron chi connectivity index (χ3n) is 4.43. The van der Waals surface area contributed by atoms with Crippen molar-refractivity contribution in [3.63, 3.8) is 0 Å². The molecule has 2 aromatic rings. The zero-order valence-electron chi connectivity index (χ0n) is 14.9. The monoisotopic (exact) mass is 372 g/mol. The lowest BCUT2D eigenvalue weighted by Crippen LogP contribution is -2.39. The lowest BCUT2D eigenvalue weighted by atomic mass is 10.1. The number of benzene rings is 2. The highest BCUT2D eigenvalue weighted by Crippen LogP contribution is 2.22. The minimum atomic E-state index is 0.163. The number of phenolic OH excluding ortho intramolecular Hbond substituents is 1. The molecule has 2 N–H and O–H groups in total. The molecule has 138 valence electrons. The summed E-state index contributed by atoms with van der Waals surface area (Å²) in [5, 5.41) is 14.0. The van der Waals surface area contributed by atoms with Crippen molar-refractivity contribution in [2.75, 3.05) is 25.6 Å². The van der Waals surface area contributed by atoms with Gasteiger partial charge in [-0.3, -0.25) is 0 Å². The second kappa shape index (κ2) is 8.87. The molecule has 0 bridgehead atoms. The number of para-hydroxylation sites is 1. The number of nitrogens with zero attached hydrogens (tertiary/aromatic N) is 1. The number of aromatic hydroxyl groups is 1. The van der Waals surface area contributed by atoms with Crippen LogP contribution in [0.3, 0.4) is 0 Å². The Morgan fingerprint density at radius 1 is 1.27 bits per heavy atom. The molecular formula is C20H24N2O3S. The quantitative estimate of drug-likeness (QED) is 0.753. The van der Waals surface area contributed by atoms with Crippen LogP contribution in [0.2, 0.25) is 0 Å². The van der Waals surface area contributed by atoms with Crippen molar-refractivity contribution in [2.45, 2.75) is 25.5 Å². The molecule has 1 saturated heterocycles. The molecule has 0 amide bonds. The molecule has 1 unspecified atom stereocenters. The van der Waals surface area contributed by atoms with Gasteiger partial charge in [-0.25, -0.2) is 0 Å². The maximum atomic E-state index is 10.1. The number of rotatable bonds is 6. The van der Waals surface area contributed by atoms with Gasteiger partial charge in [0, 0.05) is 30.9 Å². The van der Waals surface area contributed by atoms with Crippen molar-refractivity contribution in [2.24, 2.45) is 0 Å². The summed E-state index contributed by atoms with van der Waals surface area (Å²) in [5.41, 5.74) is 1.73. The fourth-order valence-corrected chi connectivity index (χ4v) is 3.24. The molecular weight excluding hydrogens is 348 g/mol. The number of methoxy groups -OCH3 is 1. The molecule has 2 aromatic carbocycles. The molecule has 1 atom stereocenters. The molecule has 0 radical (unpaired) electrons. The standard InChI is InChI=1S/C20H24N2O3S/c1-24-17-10-8-16(9-11-17)21-20(26)22(14-18-6-4-12-25-18)13-15-5-2-3-7-19(15)23/h2-3,5,7-11,18,23H,4,6,12-14H2,1H3,(H,21,26). The Morgan fingerprint density at radius 3 is 2.69 bits per heavy atom. The third-order valence-corrected chi connectivity index (χ3v) is 4.79. The highest BCUT2D eigenvalue weighted by atomic mass is 32.1. The molecule has 0 spiro atoms. The van der Waals surface area contributed by atoms with Crippen LogP contribution in [-0.4, -0.2) is 41.5 Å². The van der Waals surface area contributed by atoms with E-state index in [9.17, 15) is 5.11 Å². The van der Waals surface area contributed by atoms with E-state index in [1.54, 1.807) is 13.2 Å². The summed E-state index contributed by atoms with van der Waals surface area (Å²) in [5.74, 6) is 1.07. The van der Waals surface area contributed by atoms with Crippen LogP contribution in [0.1, 0.15) is 18.4 Å². The molecule has 5 nitrogen and oxygen atoms in total. The summed E-state index contributed by atoms with van der Waals surface area (Å²) in [6, 6.07) is 15.0. The fraction of sp³-hybridized carbons (Fsp3) is 0.350. The van der Waals surface area contributed by atoms with Crippen molar-refractivity contribution in [3.05, 3.63) is 54.1 Å². The molecule has 1 aliphatic rings. The fourth-order valence-electron chi connectivity index (χ4n) is 2.98. The van der Waals surface area contributed by atoms with E-state index in [2.05, 4.69) is 5.32 Å². The lowest BCUT2D eigenvalue weighted by Gasteiger charge is -2.28. The van der Waals surface area contributed by atoms with Gasteiger partial charge in [-0.1, -0.05) is 18.2 Å². The van der Waals surface area contributed by atoms with E-state index < -0.39 is 0 Å². The first-order valence-corrected chi connectivity index (χ1v) is 9.15. The molecule has 0 aliphatic carbocycles. The van der Waals surface area contributed by atoms with Crippen LogP contribution in [0.4, 0.5) is 5.69 Å². The van der Waals surface area contributed by atoms with Gasteiger partial charge in [0.1, 0.15) is 11.5 Å². The maximum absolute atomic E-state index is 10.1. The van der Waals surface area contributed by atoms with Crippen LogP contribution < -0.4 is 10.1 Å². The van der Waals surface area contributed by atoms with Crippen molar-refractivity contribution in [1.82, 2.24) is 4.90 Å². The maximum Gasteiger partial charge on any atom is 0.173 e. The SMILES string of the molecule is COc1ccc(NC(=S)N(Cc2ccccc2O)CC2CCCO2)cc1. The largest absolute Gasteiger partial charge is 0.508 e. The van der Waals surface area contributed by atoms with E-state index in [-0.39, 0.29) is 11.9 Å². The van der Waals surface area contributed by atoms with Gasteiger partial charge in [0.25, 0.3) is 0 Å². The van der Waals surface area contributed by atoms with Crippen LogP contribution in [0.25, 0.3) is 0 Å². The summed E-state index contributed by atoms with van der Waals surface area (Å²) in [4.78, 5) is 2.05. The van der Waals surface area contributed by atoms with Crippen LogP contribution in [0.5, 0.6) is 11.5 Å². The van der Waals surface area contributed by atoms with Gasteiger partial charge in [0.15, 0.2) is 5.11 Å². The van der Waals surface area contributed by atoms with Crippen LogP contribution in [0.15, 0.2) is 48.5 Å². The van der Waals surface area contributed by atoms with Gasteiger partial charge in [0.2, 0.25) is 0 Å². The zero-order chi connectivity index (χ0) is 18.4. The summed E-state index contributed by atoms with van der Waals surface area (Å²) < 4.78 is 11.0. The molecule has 26 heavy (non-hydrogen) atoms. The number of hydrogen-bond donors (Lipinski definition) is 2. The first-order chi connectivity index (χ1) is 12.7. The van der Waals surface area contributed by atoms with Crippen molar-refractivity contribution >= 4 is 23.0 Å². The van der Waals surface area contributed by atoms with E-state index >= 15 is 0 Å². The molecule has 0 aromatic heterocycles. The number of anilines is 1. The minimum absolute atomic E-state index is 0.163. The smallest absolute Gasteiger partial charge is 0.173 e. The van der Waals surface area contributed by atoms with Gasteiger partial charge < -0.3 is 24.8 Å². The number of ether oxygens (including phenoxy) is 2. The average Bonchev–Trinajstić information content (AvgIpc) is 3.16. The summed E-state index contributed by atoms with van der Waals surface area (Å²) in [7, 11) is 1.64. The first-order valence-electron chi connectivity index (χ1n) is 8.74. The molecule has 1 aliphatic heterocycles. The Labute approximate surface area is 159 Å². The Morgan fingerprint density at radius 2 is 2.04 bits per heavy atom. The van der Waals surface area contributed by atoms with Gasteiger partial charge in [0.05, 0.1) is 13.2 Å². The van der Waals surface area contributed by atoms with Crippen LogP contribution >= 0.6 is 12.2 Å². The topological polar surface area (TPSA) is 54.0 Å². The zero-order valence-corrected chi connectivity index (χ0v) is 15.7. The van der Waals surface area contributed by atoms with Gasteiger partial charge in [-0.2, -0.15) is 0 Å². The van der Waals surface area contributed by atoms with E-state index in [0.29, 0.717) is 18.2 Å². The predicted molar refractivity (Wildman–Crippen MR) is 107 cm³/mol. The van der Waals surface area contributed by atoms with Gasteiger partial charge in [-0.15, -0.1) is 0 Å². The van der Waals surface area contributed by atoms with E-state index in [1.165, 1.54) is 0 Å². The van der Waals surface area contributed by atoms with E-state index in [1.807, 2.05) is 47.4 Å². The molecule has 1 fully saturated rings. The van der Waals surface area contributed by atoms with Crippen LogP contribution in [-0.2, 0) is 11.3 Å². The number of nitrogens with one attached hydrogen (secondary N) is 1. The van der Waals surface area contributed by atoms with Crippen molar-refractivity contribution in [1.29, 1.82) is 0 Å². The highest BCUT2D eigenvalue weighted by Gasteiger charge is 2.22. The van der Waals surface area contributed by atoms with Crippen molar-refractivity contribution in [3.8, 4) is 11.5 Å². The lowest BCUT2D eigenvalue weighted by molar-refractivity contribution is 0.0904.